The Morgan fingerprint density at radius 2 is 2.00 bits per heavy atom. The topological polar surface area (TPSA) is 55.1 Å². The number of thiophene rings is 2. The zero-order valence-electron chi connectivity index (χ0n) is 9.94. The molecule has 0 unspecified atom stereocenters. The summed E-state index contributed by atoms with van der Waals surface area (Å²) in [6.45, 7) is 0. The molecular formula is C13H8F2N2OS2. The lowest BCUT2D eigenvalue weighted by atomic mass is 10.2. The van der Waals surface area contributed by atoms with Gasteiger partial charge in [-0.2, -0.15) is 0 Å². The smallest absolute Gasteiger partial charge is 0.265 e. The quantitative estimate of drug-likeness (QED) is 0.701. The second kappa shape index (κ2) is 4.84. The van der Waals surface area contributed by atoms with Crippen LogP contribution >= 0.6 is 22.7 Å². The van der Waals surface area contributed by atoms with Crippen LogP contribution in [0.4, 0.5) is 20.2 Å². The first-order valence-electron chi connectivity index (χ1n) is 5.57. The molecule has 0 bridgehead atoms. The summed E-state index contributed by atoms with van der Waals surface area (Å²) < 4.78 is 28.5. The molecule has 0 radical (unpaired) electrons. The van der Waals surface area contributed by atoms with Gasteiger partial charge < -0.3 is 11.1 Å². The number of nitrogens with two attached hydrogens (primary N) is 1. The number of carbonyl (C=O) groups is 1. The van der Waals surface area contributed by atoms with E-state index < -0.39 is 17.5 Å². The number of halogens is 2. The van der Waals surface area contributed by atoms with Gasteiger partial charge in [0.1, 0.15) is 11.5 Å². The number of hydrogen-bond donors (Lipinski definition) is 2. The highest BCUT2D eigenvalue weighted by Crippen LogP contribution is 2.31. The van der Waals surface area contributed by atoms with Crippen LogP contribution in [0.25, 0.3) is 9.40 Å². The molecule has 0 saturated heterocycles. The summed E-state index contributed by atoms with van der Waals surface area (Å²) in [5.74, 6) is -2.14. The largest absolute Gasteiger partial charge is 0.397 e. The van der Waals surface area contributed by atoms with Gasteiger partial charge in [-0.1, -0.05) is 0 Å². The molecule has 0 saturated carbocycles. The molecule has 7 heteroatoms. The molecule has 0 aliphatic carbocycles. The maximum absolute atomic E-state index is 13.6. The number of nitrogens with one attached hydrogen (secondary N) is 1. The molecule has 3 N–H and O–H groups in total. The molecule has 1 aromatic carbocycles. The maximum atomic E-state index is 13.6. The minimum absolute atomic E-state index is 0.144. The summed E-state index contributed by atoms with van der Waals surface area (Å²) in [5.41, 5.74) is 5.17. The first-order valence-corrected chi connectivity index (χ1v) is 7.27. The van der Waals surface area contributed by atoms with E-state index in [1.165, 1.54) is 22.7 Å². The third kappa shape index (κ3) is 2.25. The Kier molecular flexibility index (Phi) is 3.15. The minimum Gasteiger partial charge on any atom is -0.397 e. The molecule has 0 aliphatic heterocycles. The molecule has 20 heavy (non-hydrogen) atoms. The Hall–Kier alpha value is -1.99. The van der Waals surface area contributed by atoms with Gasteiger partial charge >= 0.3 is 0 Å². The lowest BCUT2D eigenvalue weighted by Crippen LogP contribution is -2.13. The van der Waals surface area contributed by atoms with E-state index in [0.29, 0.717) is 10.9 Å². The van der Waals surface area contributed by atoms with Crippen LogP contribution in [0.5, 0.6) is 0 Å². The molecule has 2 aromatic heterocycles. The standard InChI is InChI=1S/C13H8F2N2OS2/c14-6-3-7(15)12(8(16)4-6)17-13(18)11-5-10-9(20-11)1-2-19-10/h1-5H,16H2,(H,17,18). The van der Waals surface area contributed by atoms with E-state index in [4.69, 9.17) is 5.73 Å². The predicted molar refractivity (Wildman–Crippen MR) is 78.4 cm³/mol. The van der Waals surface area contributed by atoms with Crippen molar-refractivity contribution >= 4 is 49.4 Å². The number of hydrogen-bond acceptors (Lipinski definition) is 4. The average molecular weight is 310 g/mol. The SMILES string of the molecule is Nc1cc(F)cc(F)c1NC(=O)c1cc2sccc2s1. The zero-order valence-corrected chi connectivity index (χ0v) is 11.6. The molecule has 0 atom stereocenters. The van der Waals surface area contributed by atoms with Crippen molar-refractivity contribution in [3.8, 4) is 0 Å². The number of anilines is 2. The van der Waals surface area contributed by atoms with E-state index in [9.17, 15) is 13.6 Å². The van der Waals surface area contributed by atoms with Crippen LogP contribution < -0.4 is 11.1 Å². The number of fused-ring (bicyclic) bond motifs is 1. The summed E-state index contributed by atoms with van der Waals surface area (Å²) in [7, 11) is 0. The lowest BCUT2D eigenvalue weighted by molar-refractivity contribution is 0.103. The van der Waals surface area contributed by atoms with Crippen molar-refractivity contribution in [3.05, 3.63) is 46.2 Å². The number of nitrogen functional groups attached to an aromatic ring is 1. The van der Waals surface area contributed by atoms with Crippen LogP contribution in [0, 0.1) is 11.6 Å². The number of rotatable bonds is 2. The Balaban J connectivity index is 1.91. The normalized spacial score (nSPS) is 10.9. The molecule has 3 aromatic rings. The second-order valence-electron chi connectivity index (χ2n) is 4.07. The van der Waals surface area contributed by atoms with Gasteiger partial charge in [-0.25, -0.2) is 8.78 Å². The van der Waals surface area contributed by atoms with E-state index in [1.54, 1.807) is 6.07 Å². The lowest BCUT2D eigenvalue weighted by Gasteiger charge is -2.08. The first kappa shape index (κ1) is 13.0. The zero-order chi connectivity index (χ0) is 14.3. The summed E-state index contributed by atoms with van der Waals surface area (Å²) in [5, 5.41) is 4.31. The highest BCUT2D eigenvalue weighted by atomic mass is 32.1. The Bertz CT molecular complexity index is 758. The number of carbonyl (C=O) groups excluding carboxylic acids is 1. The van der Waals surface area contributed by atoms with Crippen LogP contribution in [0.2, 0.25) is 0 Å². The van der Waals surface area contributed by atoms with Crippen LogP contribution in [0.1, 0.15) is 9.67 Å². The summed E-state index contributed by atoms with van der Waals surface area (Å²) in [4.78, 5) is 12.5. The van der Waals surface area contributed by atoms with E-state index >= 15 is 0 Å². The molecule has 1 amide bonds. The first-order chi connectivity index (χ1) is 9.54. The van der Waals surface area contributed by atoms with Gasteiger partial charge in [0.25, 0.3) is 5.91 Å². The molecule has 0 fully saturated rings. The van der Waals surface area contributed by atoms with Crippen molar-refractivity contribution in [1.82, 2.24) is 0 Å². The van der Waals surface area contributed by atoms with Gasteiger partial charge in [0, 0.05) is 15.5 Å². The molecular weight excluding hydrogens is 302 g/mol. The molecule has 0 aliphatic rings. The summed E-state index contributed by atoms with van der Waals surface area (Å²) in [6.07, 6.45) is 0. The highest BCUT2D eigenvalue weighted by molar-refractivity contribution is 7.27. The summed E-state index contributed by atoms with van der Waals surface area (Å²) >= 11 is 2.83. The minimum atomic E-state index is -0.894. The van der Waals surface area contributed by atoms with Crippen molar-refractivity contribution in [2.45, 2.75) is 0 Å². The molecule has 3 rings (SSSR count). The monoisotopic (exact) mass is 310 g/mol. The van der Waals surface area contributed by atoms with Crippen molar-refractivity contribution in [1.29, 1.82) is 0 Å². The second-order valence-corrected chi connectivity index (χ2v) is 6.10. The van der Waals surface area contributed by atoms with E-state index in [-0.39, 0.29) is 11.4 Å². The van der Waals surface area contributed by atoms with Crippen molar-refractivity contribution in [2.75, 3.05) is 11.1 Å². The van der Waals surface area contributed by atoms with Gasteiger partial charge in [-0.05, 0) is 23.6 Å². The fraction of sp³-hybridized carbons (Fsp3) is 0. The average Bonchev–Trinajstić information content (AvgIpc) is 2.93. The van der Waals surface area contributed by atoms with Crippen LogP contribution in [0.15, 0.2) is 29.6 Å². The van der Waals surface area contributed by atoms with Crippen LogP contribution in [-0.4, -0.2) is 5.91 Å². The third-order valence-electron chi connectivity index (χ3n) is 2.69. The summed E-state index contributed by atoms with van der Waals surface area (Å²) in [6, 6.07) is 5.29. The molecule has 3 nitrogen and oxygen atoms in total. The number of amides is 1. The van der Waals surface area contributed by atoms with E-state index in [0.717, 1.165) is 15.5 Å². The van der Waals surface area contributed by atoms with Gasteiger partial charge in [0.05, 0.1) is 10.6 Å². The van der Waals surface area contributed by atoms with Gasteiger partial charge in [0.15, 0.2) is 5.82 Å². The van der Waals surface area contributed by atoms with Crippen molar-refractivity contribution in [2.24, 2.45) is 0 Å². The van der Waals surface area contributed by atoms with Gasteiger partial charge in [-0.3, -0.25) is 4.79 Å². The fourth-order valence-corrected chi connectivity index (χ4v) is 3.78. The molecule has 102 valence electrons. The molecule has 2 heterocycles. The molecule has 0 spiro atoms. The Labute approximate surface area is 120 Å². The van der Waals surface area contributed by atoms with Gasteiger partial charge in [-0.15, -0.1) is 22.7 Å². The van der Waals surface area contributed by atoms with Crippen molar-refractivity contribution in [3.63, 3.8) is 0 Å². The third-order valence-corrected chi connectivity index (χ3v) is 4.78. The fourth-order valence-electron chi connectivity index (χ4n) is 1.78. The highest BCUT2D eigenvalue weighted by Gasteiger charge is 2.16. The van der Waals surface area contributed by atoms with Gasteiger partial charge in [0.2, 0.25) is 0 Å². The Morgan fingerprint density at radius 1 is 1.20 bits per heavy atom. The predicted octanol–water partition coefficient (Wildman–Crippen LogP) is 4.08. The van der Waals surface area contributed by atoms with Crippen molar-refractivity contribution < 1.29 is 13.6 Å². The van der Waals surface area contributed by atoms with Crippen LogP contribution in [0.3, 0.4) is 0 Å². The van der Waals surface area contributed by atoms with Crippen LogP contribution in [-0.2, 0) is 0 Å². The van der Waals surface area contributed by atoms with E-state index in [1.807, 2.05) is 11.4 Å². The Morgan fingerprint density at radius 3 is 2.70 bits per heavy atom. The number of benzene rings is 1. The van der Waals surface area contributed by atoms with E-state index in [2.05, 4.69) is 5.32 Å². The maximum Gasteiger partial charge on any atom is 0.265 e.